The van der Waals surface area contributed by atoms with E-state index in [2.05, 4.69) is 47.4 Å². The van der Waals surface area contributed by atoms with E-state index in [1.165, 1.54) is 18.3 Å². The molecular formula is C40H42N4O6S. The fraction of sp³-hybridized carbons (Fsp3) is 0.325. The first-order valence-electron chi connectivity index (χ1n) is 17.1. The molecule has 2 aromatic heterocycles. The Morgan fingerprint density at radius 2 is 1.65 bits per heavy atom. The Balaban J connectivity index is 1.17. The molecule has 4 N–H and O–H groups in total. The zero-order chi connectivity index (χ0) is 36.3. The van der Waals surface area contributed by atoms with Gasteiger partial charge in [-0.25, -0.2) is 9.97 Å². The number of phenols is 1. The molecule has 0 saturated carbocycles. The molecule has 3 aromatic carbocycles. The molecule has 10 nitrogen and oxygen atoms in total. The van der Waals surface area contributed by atoms with Gasteiger partial charge in [-0.05, 0) is 77.8 Å². The van der Waals surface area contributed by atoms with E-state index in [9.17, 15) is 24.6 Å². The summed E-state index contributed by atoms with van der Waals surface area (Å²) in [6.45, 7) is 8.27. The van der Waals surface area contributed by atoms with Crippen LogP contribution in [0.3, 0.4) is 0 Å². The Morgan fingerprint density at radius 1 is 0.922 bits per heavy atom. The van der Waals surface area contributed by atoms with Gasteiger partial charge in [-0.3, -0.25) is 14.4 Å². The molecule has 3 atom stereocenters. The maximum absolute atomic E-state index is 13.2. The predicted molar refractivity (Wildman–Crippen MR) is 198 cm³/mol. The van der Waals surface area contributed by atoms with Gasteiger partial charge in [0.05, 0.1) is 11.0 Å². The molecule has 6 rings (SSSR count). The van der Waals surface area contributed by atoms with E-state index in [1.54, 1.807) is 24.5 Å². The number of hydrogen-bond acceptors (Lipinski definition) is 8. The molecule has 1 fully saturated rings. The maximum atomic E-state index is 13.2. The van der Waals surface area contributed by atoms with Crippen LogP contribution in [0, 0.1) is 0 Å². The van der Waals surface area contributed by atoms with E-state index in [-0.39, 0.29) is 23.7 Å². The number of nitrogens with one attached hydrogen (secondary N) is 2. The van der Waals surface area contributed by atoms with Crippen LogP contribution in [0.1, 0.15) is 78.7 Å². The van der Waals surface area contributed by atoms with E-state index in [4.69, 9.17) is 4.74 Å². The van der Waals surface area contributed by atoms with Crippen molar-refractivity contribution in [1.82, 2.24) is 20.6 Å². The van der Waals surface area contributed by atoms with Crippen molar-refractivity contribution >= 4 is 39.9 Å². The second-order valence-corrected chi connectivity index (χ2v) is 15.1. The predicted octanol–water partition coefficient (Wildman–Crippen LogP) is 7.20. The molecule has 51 heavy (non-hydrogen) atoms. The largest absolute Gasteiger partial charge is 0.508 e. The number of ether oxygens (including phenoxy) is 1. The zero-order valence-electron chi connectivity index (χ0n) is 29.1. The Kier molecular flexibility index (Phi) is 10.5. The summed E-state index contributed by atoms with van der Waals surface area (Å²) in [5.41, 5.74) is 4.05. The average molecular weight is 707 g/mol. The summed E-state index contributed by atoms with van der Waals surface area (Å²) in [5, 5.41) is 27.3. The van der Waals surface area contributed by atoms with Crippen LogP contribution in [0.15, 0.2) is 79.1 Å². The summed E-state index contributed by atoms with van der Waals surface area (Å²) in [7, 11) is 0. The highest BCUT2D eigenvalue weighted by atomic mass is 32.1. The summed E-state index contributed by atoms with van der Waals surface area (Å²) in [5.74, 6) is -1.37. The quantitative estimate of drug-likeness (QED) is 0.119. The number of thiophene rings is 1. The second kappa shape index (κ2) is 15.0. The summed E-state index contributed by atoms with van der Waals surface area (Å²) in [6, 6.07) is 18.7. The number of carbonyl (C=O) groups excluding carboxylic acids is 2. The molecule has 0 bridgehead atoms. The van der Waals surface area contributed by atoms with Crippen molar-refractivity contribution in [2.45, 2.75) is 77.0 Å². The number of carboxylic acids is 1. The lowest BCUT2D eigenvalue weighted by molar-refractivity contribution is -0.141. The number of aromatic nitrogens is 2. The minimum absolute atomic E-state index is 0.113. The number of carbonyl (C=O) groups is 3. The van der Waals surface area contributed by atoms with Gasteiger partial charge in [-0.1, -0.05) is 63.2 Å². The molecule has 2 amide bonds. The molecule has 3 heterocycles. The minimum atomic E-state index is -1.17. The van der Waals surface area contributed by atoms with Crippen LogP contribution in [-0.2, 0) is 26.2 Å². The minimum Gasteiger partial charge on any atom is -0.508 e. The van der Waals surface area contributed by atoms with E-state index in [0.717, 1.165) is 62.7 Å². The first-order chi connectivity index (χ1) is 24.4. The van der Waals surface area contributed by atoms with Gasteiger partial charge in [0.1, 0.15) is 17.8 Å². The summed E-state index contributed by atoms with van der Waals surface area (Å²) < 4.78 is 5.99. The number of phenolic OH excluding ortho intramolecular Hbond substituents is 1. The molecule has 1 aliphatic rings. The van der Waals surface area contributed by atoms with Crippen molar-refractivity contribution in [3.63, 3.8) is 0 Å². The Labute approximate surface area is 300 Å². The highest BCUT2D eigenvalue weighted by Gasteiger charge is 2.27. The fourth-order valence-electron chi connectivity index (χ4n) is 6.16. The van der Waals surface area contributed by atoms with Crippen LogP contribution in [0.4, 0.5) is 0 Å². The molecule has 0 spiro atoms. The third kappa shape index (κ3) is 8.27. The molecule has 1 saturated heterocycles. The smallest absolute Gasteiger partial charge is 0.325 e. The van der Waals surface area contributed by atoms with Crippen molar-refractivity contribution in [1.29, 1.82) is 0 Å². The molecule has 5 aromatic rings. The molecule has 3 unspecified atom stereocenters. The monoisotopic (exact) mass is 706 g/mol. The Hall–Kier alpha value is -5.13. The third-order valence-electron chi connectivity index (χ3n) is 9.10. The number of rotatable bonds is 10. The number of aliphatic carboxylic acids is 1. The van der Waals surface area contributed by atoms with Crippen molar-refractivity contribution in [2.75, 3.05) is 6.61 Å². The van der Waals surface area contributed by atoms with Crippen molar-refractivity contribution in [2.24, 2.45) is 0 Å². The standard InChI is InChI=1S/C40H42N4O6S/c1-23(39(48)49)43-37(46)30(44-38(47)33-16-17-34(51-33)40(2,3)4)19-24-8-10-25(11-9-24)36-41-21-28(22-42-36)26-12-14-29-27(20-26)13-15-31(45)35(29)32-7-5-6-18-50-32/h8-17,20-23,30,32,45H,5-7,18-19H2,1-4H3,(H,43,46)(H,44,47)(H,48,49). The van der Waals surface area contributed by atoms with Crippen LogP contribution in [0.5, 0.6) is 5.75 Å². The number of aromatic hydroxyl groups is 1. The lowest BCUT2D eigenvalue weighted by Gasteiger charge is -2.25. The summed E-state index contributed by atoms with van der Waals surface area (Å²) in [4.78, 5) is 48.6. The molecule has 0 aliphatic carbocycles. The number of nitrogens with zero attached hydrogens (tertiary/aromatic N) is 2. The second-order valence-electron chi connectivity index (χ2n) is 14.0. The number of carboxylic acid groups (broad SMARTS) is 1. The molecule has 11 heteroatoms. The fourth-order valence-corrected chi connectivity index (χ4v) is 7.12. The van der Waals surface area contributed by atoms with Crippen LogP contribution < -0.4 is 10.6 Å². The molecule has 264 valence electrons. The van der Waals surface area contributed by atoms with Gasteiger partial charge in [0.2, 0.25) is 5.91 Å². The van der Waals surface area contributed by atoms with Crippen molar-refractivity contribution in [3.8, 4) is 28.3 Å². The van der Waals surface area contributed by atoms with Gasteiger partial charge in [0, 0.05) is 47.0 Å². The van der Waals surface area contributed by atoms with Gasteiger partial charge < -0.3 is 25.6 Å². The average Bonchev–Trinajstić information content (AvgIpc) is 3.64. The first-order valence-corrected chi connectivity index (χ1v) is 17.9. The van der Waals surface area contributed by atoms with Crippen molar-refractivity contribution in [3.05, 3.63) is 100 Å². The van der Waals surface area contributed by atoms with Crippen LogP contribution >= 0.6 is 11.3 Å². The van der Waals surface area contributed by atoms with E-state index < -0.39 is 29.9 Å². The van der Waals surface area contributed by atoms with Crippen molar-refractivity contribution < 1.29 is 29.3 Å². The lowest BCUT2D eigenvalue weighted by Crippen LogP contribution is -2.51. The molecule has 0 radical (unpaired) electrons. The molecule has 1 aliphatic heterocycles. The van der Waals surface area contributed by atoms with Crippen LogP contribution in [0.2, 0.25) is 0 Å². The molecular weight excluding hydrogens is 665 g/mol. The SMILES string of the molecule is CC(NC(=O)C(Cc1ccc(-c2ncc(-c3ccc4c(C5CCCCO5)c(O)ccc4c3)cn2)cc1)NC(=O)c1ccc(C(C)(C)C)s1)C(=O)O. The highest BCUT2D eigenvalue weighted by Crippen LogP contribution is 2.39. The van der Waals surface area contributed by atoms with E-state index in [1.807, 2.05) is 48.5 Å². The van der Waals surface area contributed by atoms with Gasteiger partial charge in [-0.2, -0.15) is 0 Å². The van der Waals surface area contributed by atoms with E-state index >= 15 is 0 Å². The van der Waals surface area contributed by atoms with Crippen LogP contribution in [0.25, 0.3) is 33.3 Å². The van der Waals surface area contributed by atoms with Gasteiger partial charge in [0.15, 0.2) is 5.82 Å². The van der Waals surface area contributed by atoms with Gasteiger partial charge >= 0.3 is 5.97 Å². The number of fused-ring (bicyclic) bond motifs is 1. The third-order valence-corrected chi connectivity index (χ3v) is 10.6. The van der Waals surface area contributed by atoms with Crippen LogP contribution in [-0.4, -0.2) is 56.7 Å². The topological polar surface area (TPSA) is 151 Å². The first kappa shape index (κ1) is 35.7. The normalized spacial score (nSPS) is 16.0. The Bertz CT molecular complexity index is 2050. The Morgan fingerprint density at radius 3 is 2.29 bits per heavy atom. The zero-order valence-corrected chi connectivity index (χ0v) is 29.9. The van der Waals surface area contributed by atoms with Gasteiger partial charge in [-0.15, -0.1) is 11.3 Å². The maximum Gasteiger partial charge on any atom is 0.325 e. The summed E-state index contributed by atoms with van der Waals surface area (Å²) in [6.07, 6.45) is 6.58. The summed E-state index contributed by atoms with van der Waals surface area (Å²) >= 11 is 1.37. The number of hydrogen-bond donors (Lipinski definition) is 4. The lowest BCUT2D eigenvalue weighted by atomic mass is 9.93. The van der Waals surface area contributed by atoms with E-state index in [0.29, 0.717) is 17.3 Å². The number of benzene rings is 3. The van der Waals surface area contributed by atoms with Gasteiger partial charge in [0.25, 0.3) is 5.91 Å². The highest BCUT2D eigenvalue weighted by molar-refractivity contribution is 7.14. The number of amides is 2.